The number of rotatable bonds is 4. The highest BCUT2D eigenvalue weighted by Gasteiger charge is 2.00. The van der Waals surface area contributed by atoms with Crippen molar-refractivity contribution in [3.8, 4) is 0 Å². The average molecular weight is 268 g/mol. The lowest BCUT2D eigenvalue weighted by Gasteiger charge is -2.02. The van der Waals surface area contributed by atoms with Crippen LogP contribution in [0.2, 0.25) is 0 Å². The van der Waals surface area contributed by atoms with Gasteiger partial charge in [-0.2, -0.15) is 0 Å². The number of aryl methyl sites for hydroxylation is 1. The molecule has 20 heavy (non-hydrogen) atoms. The molecule has 0 radical (unpaired) electrons. The lowest BCUT2D eigenvalue weighted by molar-refractivity contribution is -0.111. The highest BCUT2D eigenvalue weighted by atomic mass is 16.3. The van der Waals surface area contributed by atoms with Gasteiger partial charge in [-0.1, -0.05) is 35.9 Å². The molecule has 0 unspecified atom stereocenters. The number of anilines is 1. The number of aliphatic hydroxyl groups excluding tert-OH is 1. The molecule has 2 rings (SSSR count). The fourth-order valence-corrected chi connectivity index (χ4v) is 1.65. The average Bonchev–Trinajstić information content (AvgIpc) is 2.47. The van der Waals surface area contributed by atoms with Crippen LogP contribution in [-0.4, -0.2) is 16.0 Å². The van der Waals surface area contributed by atoms with E-state index in [2.05, 4.69) is 10.3 Å². The number of amides is 1. The van der Waals surface area contributed by atoms with Gasteiger partial charge in [0.25, 0.3) is 0 Å². The number of benzene rings is 1. The number of nitrogens with one attached hydrogen (secondary N) is 1. The van der Waals surface area contributed by atoms with Gasteiger partial charge >= 0.3 is 0 Å². The monoisotopic (exact) mass is 268 g/mol. The summed E-state index contributed by atoms with van der Waals surface area (Å²) in [6.45, 7) is 1.86. The summed E-state index contributed by atoms with van der Waals surface area (Å²) in [5.74, 6) is 0.170. The Hall–Kier alpha value is -2.46. The maximum Gasteiger partial charge on any atom is 0.249 e. The summed E-state index contributed by atoms with van der Waals surface area (Å²) in [7, 11) is 0. The van der Waals surface area contributed by atoms with Crippen molar-refractivity contribution in [2.45, 2.75) is 13.5 Å². The van der Waals surface area contributed by atoms with Crippen LogP contribution < -0.4 is 5.32 Å². The first-order valence-electron chi connectivity index (χ1n) is 6.30. The molecule has 0 aliphatic carbocycles. The first-order valence-corrected chi connectivity index (χ1v) is 6.30. The minimum Gasteiger partial charge on any atom is -0.390 e. The van der Waals surface area contributed by atoms with Crippen molar-refractivity contribution < 1.29 is 9.90 Å². The summed E-state index contributed by atoms with van der Waals surface area (Å²) < 4.78 is 0. The van der Waals surface area contributed by atoms with Gasteiger partial charge in [0.2, 0.25) is 5.91 Å². The van der Waals surface area contributed by atoms with E-state index in [1.54, 1.807) is 24.3 Å². The maximum absolute atomic E-state index is 11.8. The Morgan fingerprint density at radius 3 is 2.70 bits per heavy atom. The Morgan fingerprint density at radius 1 is 1.25 bits per heavy atom. The number of carbonyl (C=O) groups is 1. The number of nitrogens with zero attached hydrogens (tertiary/aromatic N) is 1. The highest BCUT2D eigenvalue weighted by Crippen LogP contribution is 2.07. The Morgan fingerprint density at radius 2 is 2.00 bits per heavy atom. The molecule has 2 N–H and O–H groups in total. The maximum atomic E-state index is 11.8. The van der Waals surface area contributed by atoms with E-state index in [-0.39, 0.29) is 12.5 Å². The van der Waals surface area contributed by atoms with Crippen LogP contribution in [0, 0.1) is 6.92 Å². The van der Waals surface area contributed by atoms with Gasteiger partial charge in [-0.3, -0.25) is 4.79 Å². The van der Waals surface area contributed by atoms with Crippen molar-refractivity contribution in [2.24, 2.45) is 0 Å². The van der Waals surface area contributed by atoms with Crippen LogP contribution in [0.25, 0.3) is 6.08 Å². The second-order valence-electron chi connectivity index (χ2n) is 4.41. The number of carbonyl (C=O) groups excluding carboxylic acids is 1. The van der Waals surface area contributed by atoms with Gasteiger partial charge in [0, 0.05) is 6.08 Å². The predicted molar refractivity (Wildman–Crippen MR) is 79.0 cm³/mol. The quantitative estimate of drug-likeness (QED) is 0.838. The predicted octanol–water partition coefficient (Wildman–Crippen LogP) is 2.53. The van der Waals surface area contributed by atoms with Crippen LogP contribution in [0.15, 0.2) is 48.5 Å². The lowest BCUT2D eigenvalue weighted by Crippen LogP contribution is -2.09. The molecular weight excluding hydrogens is 252 g/mol. The molecule has 4 nitrogen and oxygen atoms in total. The Bertz CT molecular complexity index is 619. The van der Waals surface area contributed by atoms with Crippen molar-refractivity contribution in [3.05, 3.63) is 65.4 Å². The van der Waals surface area contributed by atoms with Crippen molar-refractivity contribution >= 4 is 17.8 Å². The zero-order chi connectivity index (χ0) is 14.4. The zero-order valence-corrected chi connectivity index (χ0v) is 11.2. The number of aromatic nitrogens is 1. The van der Waals surface area contributed by atoms with Crippen molar-refractivity contribution in [1.82, 2.24) is 4.98 Å². The fraction of sp³-hybridized carbons (Fsp3) is 0.125. The molecule has 2 aromatic rings. The molecule has 102 valence electrons. The first-order chi connectivity index (χ1) is 9.67. The molecule has 0 aliphatic heterocycles. The molecule has 1 aromatic carbocycles. The third-order valence-corrected chi connectivity index (χ3v) is 2.72. The van der Waals surface area contributed by atoms with E-state index in [0.717, 1.165) is 5.56 Å². The standard InChI is InChI=1S/C16H16N2O2/c1-12-5-7-13(8-6-12)9-10-16(20)18-15-4-2-3-14(11-19)17-15/h2-10,19H,11H2,1H3,(H,17,18,20)/b10-9+. The van der Waals surface area contributed by atoms with E-state index >= 15 is 0 Å². The molecule has 0 fully saturated rings. The minimum absolute atomic E-state index is 0.150. The van der Waals surface area contributed by atoms with Crippen molar-refractivity contribution in [1.29, 1.82) is 0 Å². The molecule has 1 heterocycles. The molecule has 0 aliphatic rings. The highest BCUT2D eigenvalue weighted by molar-refractivity contribution is 6.01. The summed E-state index contributed by atoms with van der Waals surface area (Å²) >= 11 is 0. The van der Waals surface area contributed by atoms with Crippen LogP contribution in [0.1, 0.15) is 16.8 Å². The molecule has 0 saturated carbocycles. The molecular formula is C16H16N2O2. The van der Waals surface area contributed by atoms with Crippen molar-refractivity contribution in [3.63, 3.8) is 0 Å². The van der Waals surface area contributed by atoms with E-state index in [4.69, 9.17) is 5.11 Å². The van der Waals surface area contributed by atoms with Gasteiger partial charge in [0.05, 0.1) is 12.3 Å². The zero-order valence-electron chi connectivity index (χ0n) is 11.2. The molecule has 4 heteroatoms. The van der Waals surface area contributed by atoms with E-state index in [1.807, 2.05) is 31.2 Å². The van der Waals surface area contributed by atoms with Gasteiger partial charge in [-0.25, -0.2) is 4.98 Å². The van der Waals surface area contributed by atoms with Crippen LogP contribution in [0.5, 0.6) is 0 Å². The molecule has 0 saturated heterocycles. The van der Waals surface area contributed by atoms with E-state index in [9.17, 15) is 4.79 Å². The second-order valence-corrected chi connectivity index (χ2v) is 4.41. The van der Waals surface area contributed by atoms with E-state index in [0.29, 0.717) is 11.5 Å². The normalized spacial score (nSPS) is 10.7. The van der Waals surface area contributed by atoms with Gasteiger partial charge < -0.3 is 10.4 Å². The Balaban J connectivity index is 1.99. The molecule has 0 bridgehead atoms. The van der Waals surface area contributed by atoms with Gasteiger partial charge in [0.1, 0.15) is 5.82 Å². The summed E-state index contributed by atoms with van der Waals surface area (Å²) in [6.07, 6.45) is 3.20. The van der Waals surface area contributed by atoms with Crippen molar-refractivity contribution in [2.75, 3.05) is 5.32 Å². The second kappa shape index (κ2) is 6.63. The van der Waals surface area contributed by atoms with Crippen LogP contribution in [-0.2, 0) is 11.4 Å². The minimum atomic E-state index is -0.256. The summed E-state index contributed by atoms with van der Waals surface area (Å²) in [5.41, 5.74) is 2.66. The van der Waals surface area contributed by atoms with Gasteiger partial charge in [0.15, 0.2) is 0 Å². The topological polar surface area (TPSA) is 62.2 Å². The number of hydrogen-bond donors (Lipinski definition) is 2. The largest absolute Gasteiger partial charge is 0.390 e. The molecule has 0 atom stereocenters. The van der Waals surface area contributed by atoms with Gasteiger partial charge in [-0.15, -0.1) is 0 Å². The van der Waals surface area contributed by atoms with Crippen LogP contribution >= 0.6 is 0 Å². The van der Waals surface area contributed by atoms with Crippen LogP contribution in [0.3, 0.4) is 0 Å². The Labute approximate surface area is 117 Å². The molecule has 1 aromatic heterocycles. The number of pyridine rings is 1. The van der Waals surface area contributed by atoms with E-state index in [1.165, 1.54) is 11.6 Å². The fourth-order valence-electron chi connectivity index (χ4n) is 1.65. The first kappa shape index (κ1) is 14.0. The third-order valence-electron chi connectivity index (χ3n) is 2.72. The summed E-state index contributed by atoms with van der Waals surface area (Å²) in [5, 5.41) is 11.6. The third kappa shape index (κ3) is 4.03. The summed E-state index contributed by atoms with van der Waals surface area (Å²) in [4.78, 5) is 15.8. The van der Waals surface area contributed by atoms with Gasteiger partial charge in [-0.05, 0) is 30.7 Å². The number of aliphatic hydroxyl groups is 1. The summed E-state index contributed by atoms with van der Waals surface area (Å²) in [6, 6.07) is 13.0. The Kier molecular flexibility index (Phi) is 4.63. The lowest BCUT2D eigenvalue weighted by atomic mass is 10.1. The SMILES string of the molecule is Cc1ccc(/C=C/C(=O)Nc2cccc(CO)n2)cc1. The van der Waals surface area contributed by atoms with Crippen LogP contribution in [0.4, 0.5) is 5.82 Å². The smallest absolute Gasteiger partial charge is 0.249 e. The molecule has 1 amide bonds. The number of hydrogen-bond acceptors (Lipinski definition) is 3. The molecule has 0 spiro atoms. The van der Waals surface area contributed by atoms with E-state index < -0.39 is 0 Å².